The number of carbonyl (C=O) groups is 2. The van der Waals surface area contributed by atoms with Crippen LogP contribution in [0.4, 0.5) is 5.69 Å². The Hall–Kier alpha value is -3.67. The Morgan fingerprint density at radius 3 is 2.65 bits per heavy atom. The highest BCUT2D eigenvalue weighted by Crippen LogP contribution is 2.38. The zero-order valence-corrected chi connectivity index (χ0v) is 17.7. The van der Waals surface area contributed by atoms with Crippen molar-refractivity contribution in [2.24, 2.45) is 0 Å². The number of aromatic nitrogens is 1. The first-order valence-corrected chi connectivity index (χ1v) is 10.4. The molecule has 158 valence electrons. The van der Waals surface area contributed by atoms with E-state index in [1.165, 1.54) is 5.56 Å². The number of nitrogens with zero attached hydrogens (tertiary/aromatic N) is 2. The Morgan fingerprint density at radius 2 is 1.87 bits per heavy atom. The van der Waals surface area contributed by atoms with Crippen LogP contribution in [0.15, 0.2) is 60.8 Å². The number of amides is 2. The molecule has 2 amide bonds. The number of rotatable bonds is 6. The maximum absolute atomic E-state index is 13.2. The highest BCUT2D eigenvalue weighted by atomic mass is 16.5. The third kappa shape index (κ3) is 4.58. The molecule has 3 aromatic rings. The van der Waals surface area contributed by atoms with Gasteiger partial charge in [-0.15, -0.1) is 0 Å². The molecule has 31 heavy (non-hydrogen) atoms. The molecule has 0 fully saturated rings. The Kier molecular flexibility index (Phi) is 5.98. The van der Waals surface area contributed by atoms with Gasteiger partial charge in [0.05, 0.1) is 5.69 Å². The van der Waals surface area contributed by atoms with Gasteiger partial charge in [0.15, 0.2) is 5.75 Å². The van der Waals surface area contributed by atoms with Crippen molar-refractivity contribution in [3.8, 4) is 11.6 Å². The standard InChI is InChI=1S/C25H25N3O3/c1-3-18-7-9-19(10-8-18)16-27-23(29)12-14-28-21-15-17(2)6-11-22(21)31-24-20(25(28)30)5-4-13-26-24/h4-11,13,15H,3,12,14,16H2,1-2H3,(H,27,29). The molecule has 0 saturated carbocycles. The van der Waals surface area contributed by atoms with Crippen molar-refractivity contribution in [1.82, 2.24) is 10.3 Å². The molecule has 0 atom stereocenters. The topological polar surface area (TPSA) is 71.5 Å². The summed E-state index contributed by atoms with van der Waals surface area (Å²) >= 11 is 0. The first kappa shape index (κ1) is 20.6. The summed E-state index contributed by atoms with van der Waals surface area (Å²) in [7, 11) is 0. The largest absolute Gasteiger partial charge is 0.436 e. The summed E-state index contributed by atoms with van der Waals surface area (Å²) in [6, 6.07) is 17.2. The van der Waals surface area contributed by atoms with Crippen LogP contribution < -0.4 is 15.0 Å². The van der Waals surface area contributed by atoms with Crippen LogP contribution in [0, 0.1) is 6.92 Å². The van der Waals surface area contributed by atoms with Gasteiger partial charge in [0.2, 0.25) is 11.8 Å². The summed E-state index contributed by atoms with van der Waals surface area (Å²) in [6.07, 6.45) is 2.76. The van der Waals surface area contributed by atoms with Crippen LogP contribution in [-0.2, 0) is 17.8 Å². The van der Waals surface area contributed by atoms with Crippen LogP contribution in [0.5, 0.6) is 11.6 Å². The molecule has 2 heterocycles. The number of hydrogen-bond donors (Lipinski definition) is 1. The summed E-state index contributed by atoms with van der Waals surface area (Å²) in [5.74, 6) is 0.487. The van der Waals surface area contributed by atoms with E-state index in [0.717, 1.165) is 17.5 Å². The number of nitrogens with one attached hydrogen (secondary N) is 1. The highest BCUT2D eigenvalue weighted by Gasteiger charge is 2.29. The number of aryl methyl sites for hydroxylation is 2. The van der Waals surface area contributed by atoms with Gasteiger partial charge in [0, 0.05) is 25.7 Å². The monoisotopic (exact) mass is 415 g/mol. The normalized spacial score (nSPS) is 12.5. The average molecular weight is 415 g/mol. The van der Waals surface area contributed by atoms with Crippen molar-refractivity contribution in [2.45, 2.75) is 33.2 Å². The van der Waals surface area contributed by atoms with Gasteiger partial charge in [0.25, 0.3) is 5.91 Å². The van der Waals surface area contributed by atoms with Crippen LogP contribution in [0.2, 0.25) is 0 Å². The van der Waals surface area contributed by atoms with Crippen LogP contribution in [0.1, 0.15) is 40.4 Å². The number of ether oxygens (including phenoxy) is 1. The van der Waals surface area contributed by atoms with Gasteiger partial charge in [-0.25, -0.2) is 4.98 Å². The fourth-order valence-corrected chi connectivity index (χ4v) is 3.54. The van der Waals surface area contributed by atoms with Crippen molar-refractivity contribution in [1.29, 1.82) is 0 Å². The van der Waals surface area contributed by atoms with E-state index in [1.54, 1.807) is 23.2 Å². The number of benzene rings is 2. The van der Waals surface area contributed by atoms with Gasteiger partial charge in [0.1, 0.15) is 5.56 Å². The van der Waals surface area contributed by atoms with Crippen LogP contribution >= 0.6 is 0 Å². The lowest BCUT2D eigenvalue weighted by Gasteiger charge is -2.22. The summed E-state index contributed by atoms with van der Waals surface area (Å²) < 4.78 is 5.91. The van der Waals surface area contributed by atoms with Gasteiger partial charge < -0.3 is 15.0 Å². The molecule has 4 rings (SSSR count). The maximum atomic E-state index is 13.2. The van der Waals surface area contributed by atoms with Crippen molar-refractivity contribution in [2.75, 3.05) is 11.4 Å². The second-order valence-corrected chi connectivity index (χ2v) is 7.58. The predicted octanol–water partition coefficient (Wildman–Crippen LogP) is 4.41. The quantitative estimate of drug-likeness (QED) is 0.647. The van der Waals surface area contributed by atoms with Crippen molar-refractivity contribution in [3.05, 3.63) is 83.0 Å². The SMILES string of the molecule is CCc1ccc(CNC(=O)CCN2C(=O)c3cccnc3Oc3ccc(C)cc32)cc1. The summed E-state index contributed by atoms with van der Waals surface area (Å²) in [5.41, 5.74) is 4.34. The predicted molar refractivity (Wildman–Crippen MR) is 119 cm³/mol. The third-order valence-corrected chi connectivity index (χ3v) is 5.34. The summed E-state index contributed by atoms with van der Waals surface area (Å²) in [6.45, 7) is 4.77. The molecular formula is C25H25N3O3. The number of pyridine rings is 1. The lowest BCUT2D eigenvalue weighted by molar-refractivity contribution is -0.121. The molecule has 6 heteroatoms. The molecule has 1 aromatic heterocycles. The van der Waals surface area contributed by atoms with Crippen LogP contribution in [0.3, 0.4) is 0 Å². The Morgan fingerprint density at radius 1 is 1.10 bits per heavy atom. The second-order valence-electron chi connectivity index (χ2n) is 7.58. The summed E-state index contributed by atoms with van der Waals surface area (Å²) in [5, 5.41) is 2.94. The Labute approximate surface area is 181 Å². The minimum atomic E-state index is -0.226. The van der Waals surface area contributed by atoms with Gasteiger partial charge in [-0.3, -0.25) is 9.59 Å². The number of hydrogen-bond acceptors (Lipinski definition) is 4. The molecule has 0 saturated heterocycles. The molecule has 1 aliphatic heterocycles. The highest BCUT2D eigenvalue weighted by molar-refractivity contribution is 6.09. The smallest absolute Gasteiger partial charge is 0.263 e. The van der Waals surface area contributed by atoms with Gasteiger partial charge in [-0.05, 0) is 54.3 Å². The average Bonchev–Trinajstić information content (AvgIpc) is 2.90. The molecule has 1 aliphatic rings. The molecule has 0 bridgehead atoms. The zero-order chi connectivity index (χ0) is 21.8. The van der Waals surface area contributed by atoms with E-state index in [0.29, 0.717) is 23.5 Å². The fourth-order valence-electron chi connectivity index (χ4n) is 3.54. The van der Waals surface area contributed by atoms with E-state index < -0.39 is 0 Å². The van der Waals surface area contributed by atoms with E-state index in [-0.39, 0.29) is 30.7 Å². The fraction of sp³-hybridized carbons (Fsp3) is 0.240. The Balaban J connectivity index is 1.48. The lowest BCUT2D eigenvalue weighted by Crippen LogP contribution is -2.35. The Bertz CT molecular complexity index is 1110. The van der Waals surface area contributed by atoms with Crippen molar-refractivity contribution in [3.63, 3.8) is 0 Å². The maximum Gasteiger partial charge on any atom is 0.263 e. The minimum absolute atomic E-state index is 0.113. The van der Waals surface area contributed by atoms with Gasteiger partial charge in [-0.1, -0.05) is 37.3 Å². The van der Waals surface area contributed by atoms with Crippen molar-refractivity contribution >= 4 is 17.5 Å². The second kappa shape index (κ2) is 9.00. The van der Waals surface area contributed by atoms with Crippen molar-refractivity contribution < 1.29 is 14.3 Å². The van der Waals surface area contributed by atoms with E-state index in [2.05, 4.69) is 29.4 Å². The summed E-state index contributed by atoms with van der Waals surface area (Å²) in [4.78, 5) is 31.6. The van der Waals surface area contributed by atoms with Gasteiger partial charge >= 0.3 is 0 Å². The first-order valence-electron chi connectivity index (χ1n) is 10.4. The molecule has 0 spiro atoms. The number of fused-ring (bicyclic) bond motifs is 2. The third-order valence-electron chi connectivity index (χ3n) is 5.34. The minimum Gasteiger partial charge on any atom is -0.436 e. The molecule has 2 aromatic carbocycles. The molecule has 0 aliphatic carbocycles. The van der Waals surface area contributed by atoms with E-state index in [1.807, 2.05) is 37.3 Å². The molecular weight excluding hydrogens is 390 g/mol. The van der Waals surface area contributed by atoms with Gasteiger partial charge in [-0.2, -0.15) is 0 Å². The zero-order valence-electron chi connectivity index (χ0n) is 17.7. The lowest BCUT2D eigenvalue weighted by atomic mass is 10.1. The van der Waals surface area contributed by atoms with E-state index in [9.17, 15) is 9.59 Å². The molecule has 0 radical (unpaired) electrons. The van der Waals surface area contributed by atoms with Crippen LogP contribution in [-0.4, -0.2) is 23.3 Å². The van der Waals surface area contributed by atoms with Crippen LogP contribution in [0.25, 0.3) is 0 Å². The first-order chi connectivity index (χ1) is 15.0. The van der Waals surface area contributed by atoms with E-state index >= 15 is 0 Å². The molecule has 0 unspecified atom stereocenters. The molecule has 1 N–H and O–H groups in total. The molecule has 6 nitrogen and oxygen atoms in total. The number of anilines is 1. The number of carbonyl (C=O) groups excluding carboxylic acids is 2. The van der Waals surface area contributed by atoms with E-state index in [4.69, 9.17) is 4.74 Å².